The minimum absolute atomic E-state index is 0.0864. The number of hydrogen-bond acceptors (Lipinski definition) is 7. The van der Waals surface area contributed by atoms with Gasteiger partial charge in [0.2, 0.25) is 21.8 Å². The van der Waals surface area contributed by atoms with E-state index < -0.39 is 15.9 Å². The number of piperazine rings is 1. The molecule has 1 aliphatic heterocycles. The van der Waals surface area contributed by atoms with Crippen molar-refractivity contribution in [2.45, 2.75) is 11.4 Å². The van der Waals surface area contributed by atoms with Gasteiger partial charge in [0.15, 0.2) is 11.5 Å². The molecule has 1 heterocycles. The fraction of sp³-hybridized carbons (Fsp3) is 0.391. The summed E-state index contributed by atoms with van der Waals surface area (Å²) in [5.74, 6) is 0.197. The summed E-state index contributed by atoms with van der Waals surface area (Å²) in [4.78, 5) is 27.7. The van der Waals surface area contributed by atoms with Crippen molar-refractivity contribution >= 4 is 21.8 Å². The topological polar surface area (TPSA) is 122 Å². The molecule has 0 aliphatic carbocycles. The monoisotopic (exact) mass is 490 g/mol. The zero-order valence-corrected chi connectivity index (χ0v) is 20.4. The molecule has 3 rings (SSSR count). The first-order valence-corrected chi connectivity index (χ1v) is 12.2. The molecule has 0 unspecified atom stereocenters. The second kappa shape index (κ2) is 10.9. The van der Waals surface area contributed by atoms with Crippen molar-refractivity contribution in [1.82, 2.24) is 14.1 Å². The standard InChI is InChI=1S/C23H30N4O6S/c1-25(15-17-5-4-6-18(13-17)23(24)29)16-22(28)26-9-11-27(12-10-26)34(30,31)19-7-8-20(32-2)21(14-19)33-3/h4-8,13-14H,9-12,15-16H2,1-3H3,(H2,24,29). The van der Waals surface area contributed by atoms with Gasteiger partial charge in [-0.2, -0.15) is 4.31 Å². The lowest BCUT2D eigenvalue weighted by Crippen LogP contribution is -2.52. The first-order chi connectivity index (χ1) is 16.1. The van der Waals surface area contributed by atoms with Gasteiger partial charge in [0.25, 0.3) is 0 Å². The van der Waals surface area contributed by atoms with Crippen LogP contribution in [0.25, 0.3) is 0 Å². The summed E-state index contributed by atoms with van der Waals surface area (Å²) < 4.78 is 37.9. The number of nitrogens with two attached hydrogens (primary N) is 1. The van der Waals surface area contributed by atoms with Crippen molar-refractivity contribution in [2.75, 3.05) is 54.0 Å². The van der Waals surface area contributed by atoms with Crippen LogP contribution in [0.4, 0.5) is 0 Å². The number of carbonyl (C=O) groups excluding carboxylic acids is 2. The predicted octanol–water partition coefficient (Wildman–Crippen LogP) is 0.768. The van der Waals surface area contributed by atoms with Crippen molar-refractivity contribution < 1.29 is 27.5 Å². The average molecular weight is 491 g/mol. The van der Waals surface area contributed by atoms with Crippen LogP contribution in [0.5, 0.6) is 11.5 Å². The lowest BCUT2D eigenvalue weighted by atomic mass is 10.1. The largest absolute Gasteiger partial charge is 0.493 e. The number of carbonyl (C=O) groups is 2. The van der Waals surface area contributed by atoms with Crippen LogP contribution in [0.1, 0.15) is 15.9 Å². The summed E-state index contributed by atoms with van der Waals surface area (Å²) in [6, 6.07) is 11.5. The van der Waals surface area contributed by atoms with Gasteiger partial charge in [0.1, 0.15) is 0 Å². The zero-order valence-electron chi connectivity index (χ0n) is 19.6. The van der Waals surface area contributed by atoms with E-state index in [1.807, 2.05) is 18.0 Å². The molecule has 1 fully saturated rings. The molecule has 184 valence electrons. The molecule has 0 atom stereocenters. The number of hydrogen-bond donors (Lipinski definition) is 1. The highest BCUT2D eigenvalue weighted by Gasteiger charge is 2.31. The Labute approximate surface area is 199 Å². The maximum atomic E-state index is 13.1. The fourth-order valence-corrected chi connectivity index (χ4v) is 5.26. The molecule has 1 saturated heterocycles. The van der Waals surface area contributed by atoms with E-state index in [9.17, 15) is 18.0 Å². The molecule has 0 radical (unpaired) electrons. The van der Waals surface area contributed by atoms with E-state index in [-0.39, 0.29) is 30.4 Å². The van der Waals surface area contributed by atoms with Gasteiger partial charge in [-0.3, -0.25) is 14.5 Å². The molecular formula is C23H30N4O6S. The third-order valence-corrected chi connectivity index (χ3v) is 7.55. The number of primary amides is 1. The van der Waals surface area contributed by atoms with Crippen molar-refractivity contribution in [3.8, 4) is 11.5 Å². The Morgan fingerprint density at radius 1 is 1.00 bits per heavy atom. The molecule has 2 aromatic carbocycles. The molecular weight excluding hydrogens is 460 g/mol. The van der Waals surface area contributed by atoms with Crippen LogP contribution in [0.3, 0.4) is 0 Å². The molecule has 0 spiro atoms. The number of nitrogens with zero attached hydrogens (tertiary/aromatic N) is 3. The molecule has 0 bridgehead atoms. The maximum absolute atomic E-state index is 13.1. The van der Waals surface area contributed by atoms with Crippen LogP contribution in [0, 0.1) is 0 Å². The molecule has 34 heavy (non-hydrogen) atoms. The molecule has 2 aromatic rings. The fourth-order valence-electron chi connectivity index (χ4n) is 3.83. The van der Waals surface area contributed by atoms with Crippen LogP contribution in [-0.2, 0) is 21.4 Å². The van der Waals surface area contributed by atoms with Crippen molar-refractivity contribution in [3.05, 3.63) is 53.6 Å². The van der Waals surface area contributed by atoms with E-state index >= 15 is 0 Å². The van der Waals surface area contributed by atoms with E-state index in [2.05, 4.69) is 0 Å². The molecule has 2 amide bonds. The maximum Gasteiger partial charge on any atom is 0.248 e. The van der Waals surface area contributed by atoms with E-state index in [1.165, 1.54) is 30.7 Å². The van der Waals surface area contributed by atoms with Gasteiger partial charge in [-0.25, -0.2) is 8.42 Å². The lowest BCUT2D eigenvalue weighted by molar-refractivity contribution is -0.133. The van der Waals surface area contributed by atoms with Crippen LogP contribution in [0.15, 0.2) is 47.4 Å². The van der Waals surface area contributed by atoms with Crippen molar-refractivity contribution in [3.63, 3.8) is 0 Å². The summed E-state index contributed by atoms with van der Waals surface area (Å²) in [5.41, 5.74) is 6.62. The number of likely N-dealkylation sites (N-methyl/N-ethyl adjacent to an activating group) is 1. The summed E-state index contributed by atoms with van der Waals surface area (Å²) in [5, 5.41) is 0. The number of ether oxygens (including phenoxy) is 2. The smallest absolute Gasteiger partial charge is 0.248 e. The van der Waals surface area contributed by atoms with Gasteiger partial charge < -0.3 is 20.1 Å². The molecule has 10 nitrogen and oxygen atoms in total. The first-order valence-electron chi connectivity index (χ1n) is 10.7. The molecule has 2 N–H and O–H groups in total. The van der Waals surface area contributed by atoms with Crippen LogP contribution < -0.4 is 15.2 Å². The van der Waals surface area contributed by atoms with E-state index in [0.29, 0.717) is 36.7 Å². The van der Waals surface area contributed by atoms with Gasteiger partial charge in [-0.1, -0.05) is 12.1 Å². The van der Waals surface area contributed by atoms with Gasteiger partial charge in [-0.15, -0.1) is 0 Å². The Kier molecular flexibility index (Phi) is 8.13. The Bertz CT molecular complexity index is 1150. The molecule has 1 aliphatic rings. The first kappa shape index (κ1) is 25.5. The van der Waals surface area contributed by atoms with Gasteiger partial charge in [0, 0.05) is 44.4 Å². The van der Waals surface area contributed by atoms with Crippen molar-refractivity contribution in [1.29, 1.82) is 0 Å². The SMILES string of the molecule is COc1ccc(S(=O)(=O)N2CCN(C(=O)CN(C)Cc3cccc(C(N)=O)c3)CC2)cc1OC. The van der Waals surface area contributed by atoms with Crippen LogP contribution in [-0.4, -0.2) is 88.3 Å². The van der Waals surface area contributed by atoms with Crippen LogP contribution >= 0.6 is 0 Å². The summed E-state index contributed by atoms with van der Waals surface area (Å²) in [6.07, 6.45) is 0. The Morgan fingerprint density at radius 3 is 2.29 bits per heavy atom. The third-order valence-electron chi connectivity index (χ3n) is 5.65. The van der Waals surface area contributed by atoms with Gasteiger partial charge in [0.05, 0.1) is 25.7 Å². The molecule has 0 aromatic heterocycles. The average Bonchev–Trinajstić information content (AvgIpc) is 2.83. The van der Waals surface area contributed by atoms with Gasteiger partial charge >= 0.3 is 0 Å². The quantitative estimate of drug-likeness (QED) is 0.551. The second-order valence-electron chi connectivity index (χ2n) is 8.04. The van der Waals surface area contributed by atoms with E-state index in [0.717, 1.165) is 5.56 Å². The Hall–Kier alpha value is -3.15. The molecule has 0 saturated carbocycles. The van der Waals surface area contributed by atoms with Gasteiger partial charge in [-0.05, 0) is 36.9 Å². The minimum atomic E-state index is -3.73. The lowest BCUT2D eigenvalue weighted by Gasteiger charge is -2.34. The summed E-state index contributed by atoms with van der Waals surface area (Å²) in [7, 11) is 1.01. The normalized spacial score (nSPS) is 14.8. The van der Waals surface area contributed by atoms with E-state index in [4.69, 9.17) is 15.2 Å². The highest BCUT2D eigenvalue weighted by atomic mass is 32.2. The number of methoxy groups -OCH3 is 2. The Morgan fingerprint density at radius 2 is 1.68 bits per heavy atom. The summed E-state index contributed by atoms with van der Waals surface area (Å²) >= 11 is 0. The highest BCUT2D eigenvalue weighted by molar-refractivity contribution is 7.89. The predicted molar refractivity (Wildman–Crippen MR) is 126 cm³/mol. The van der Waals surface area contributed by atoms with Crippen molar-refractivity contribution in [2.24, 2.45) is 5.73 Å². The number of rotatable bonds is 9. The highest BCUT2D eigenvalue weighted by Crippen LogP contribution is 2.30. The Balaban J connectivity index is 1.57. The number of amides is 2. The van der Waals surface area contributed by atoms with E-state index in [1.54, 1.807) is 29.2 Å². The minimum Gasteiger partial charge on any atom is -0.493 e. The number of sulfonamides is 1. The van der Waals surface area contributed by atoms with Crippen LogP contribution in [0.2, 0.25) is 0 Å². The number of benzene rings is 2. The zero-order chi connectivity index (χ0) is 24.9. The summed E-state index contributed by atoms with van der Waals surface area (Å²) in [6.45, 7) is 1.65. The third kappa shape index (κ3) is 5.85. The second-order valence-corrected chi connectivity index (χ2v) is 9.98. The molecule has 11 heteroatoms.